The zero-order valence-electron chi connectivity index (χ0n) is 10.4. The van der Waals surface area contributed by atoms with Crippen LogP contribution in [0.15, 0.2) is 6.20 Å². The lowest BCUT2D eigenvalue weighted by atomic mass is 9.96. The highest BCUT2D eigenvalue weighted by Gasteiger charge is 2.17. The third-order valence-corrected chi connectivity index (χ3v) is 4.29. The Bertz CT molecular complexity index is 327. The second-order valence-electron chi connectivity index (χ2n) is 4.67. The highest BCUT2D eigenvalue weighted by molar-refractivity contribution is 7.98. The van der Waals surface area contributed by atoms with Crippen molar-refractivity contribution in [1.29, 1.82) is 0 Å². The highest BCUT2D eigenvalue weighted by Crippen LogP contribution is 2.28. The summed E-state index contributed by atoms with van der Waals surface area (Å²) < 4.78 is 2.24. The van der Waals surface area contributed by atoms with Crippen molar-refractivity contribution < 1.29 is 0 Å². The number of aryl methyl sites for hydroxylation is 1. The van der Waals surface area contributed by atoms with Crippen molar-refractivity contribution in [1.82, 2.24) is 9.78 Å². The largest absolute Gasteiger partial charge is 0.269 e. The smallest absolute Gasteiger partial charge is 0.0752 e. The van der Waals surface area contributed by atoms with Gasteiger partial charge in [0.2, 0.25) is 0 Å². The summed E-state index contributed by atoms with van der Waals surface area (Å²) in [6.07, 6.45) is 9.06. The van der Waals surface area contributed by atoms with Crippen molar-refractivity contribution in [3.8, 4) is 0 Å². The third kappa shape index (κ3) is 2.82. The molecule has 0 spiro atoms. The molecule has 0 bridgehead atoms. The molecule has 1 aliphatic rings. The normalized spacial score (nSPS) is 17.9. The molecule has 2 nitrogen and oxygen atoms in total. The van der Waals surface area contributed by atoms with E-state index in [1.165, 1.54) is 49.1 Å². The molecule has 3 heteroatoms. The number of hydrogen-bond acceptors (Lipinski definition) is 2. The van der Waals surface area contributed by atoms with Crippen LogP contribution in [0.4, 0.5) is 0 Å². The number of rotatable bonds is 4. The van der Waals surface area contributed by atoms with Crippen LogP contribution in [0.5, 0.6) is 0 Å². The highest BCUT2D eigenvalue weighted by atomic mass is 32.2. The first-order chi connectivity index (χ1) is 7.81. The Balaban J connectivity index is 2.03. The molecular formula is C13H22N2S. The van der Waals surface area contributed by atoms with E-state index < -0.39 is 0 Å². The van der Waals surface area contributed by atoms with Gasteiger partial charge in [-0.1, -0.05) is 26.2 Å². The molecule has 1 aromatic rings. The fourth-order valence-corrected chi connectivity index (χ4v) is 3.08. The SMILES string of the molecule is CCSCc1nn(C2CCCCC2)cc1C. The van der Waals surface area contributed by atoms with Crippen LogP contribution in [0.2, 0.25) is 0 Å². The predicted octanol–water partition coefficient (Wildman–Crippen LogP) is 3.95. The molecule has 1 aliphatic carbocycles. The third-order valence-electron chi connectivity index (χ3n) is 3.41. The van der Waals surface area contributed by atoms with E-state index in [4.69, 9.17) is 5.10 Å². The van der Waals surface area contributed by atoms with Crippen LogP contribution in [-0.4, -0.2) is 15.5 Å². The van der Waals surface area contributed by atoms with Crippen LogP contribution < -0.4 is 0 Å². The molecule has 1 saturated carbocycles. The van der Waals surface area contributed by atoms with Crippen LogP contribution in [0, 0.1) is 6.92 Å². The molecule has 2 rings (SSSR count). The molecule has 1 aromatic heterocycles. The molecule has 0 aromatic carbocycles. The van der Waals surface area contributed by atoms with Gasteiger partial charge in [0.1, 0.15) is 0 Å². The molecule has 0 radical (unpaired) electrons. The van der Waals surface area contributed by atoms with Gasteiger partial charge in [0, 0.05) is 11.9 Å². The maximum absolute atomic E-state index is 4.77. The Morgan fingerprint density at radius 1 is 1.38 bits per heavy atom. The van der Waals surface area contributed by atoms with Crippen molar-refractivity contribution in [3.05, 3.63) is 17.5 Å². The average Bonchev–Trinajstić information content (AvgIpc) is 2.69. The Morgan fingerprint density at radius 2 is 2.12 bits per heavy atom. The molecule has 0 saturated heterocycles. The Hall–Kier alpha value is -0.440. The van der Waals surface area contributed by atoms with Crippen molar-refractivity contribution in [2.75, 3.05) is 5.75 Å². The van der Waals surface area contributed by atoms with Gasteiger partial charge in [-0.2, -0.15) is 16.9 Å². The minimum absolute atomic E-state index is 0.674. The average molecular weight is 238 g/mol. The molecule has 1 heterocycles. The van der Waals surface area contributed by atoms with E-state index in [0.717, 1.165) is 5.75 Å². The minimum atomic E-state index is 0.674. The van der Waals surface area contributed by atoms with E-state index in [-0.39, 0.29) is 0 Å². The summed E-state index contributed by atoms with van der Waals surface area (Å²) in [6, 6.07) is 0.674. The van der Waals surface area contributed by atoms with Gasteiger partial charge in [-0.3, -0.25) is 4.68 Å². The standard InChI is InChI=1S/C13H22N2S/c1-3-16-10-13-11(2)9-15(14-13)12-7-5-4-6-8-12/h9,12H,3-8,10H2,1-2H3. The molecule has 0 unspecified atom stereocenters. The van der Waals surface area contributed by atoms with Crippen LogP contribution in [0.1, 0.15) is 56.3 Å². The van der Waals surface area contributed by atoms with Gasteiger partial charge >= 0.3 is 0 Å². The fourth-order valence-electron chi connectivity index (χ4n) is 2.39. The summed E-state index contributed by atoms with van der Waals surface area (Å²) in [5, 5.41) is 4.77. The zero-order valence-corrected chi connectivity index (χ0v) is 11.2. The zero-order chi connectivity index (χ0) is 11.4. The van der Waals surface area contributed by atoms with Gasteiger partial charge in [0.05, 0.1) is 11.7 Å². The van der Waals surface area contributed by atoms with Crippen molar-refractivity contribution in [2.24, 2.45) is 0 Å². The number of hydrogen-bond donors (Lipinski definition) is 0. The van der Waals surface area contributed by atoms with E-state index in [0.29, 0.717) is 6.04 Å². The lowest BCUT2D eigenvalue weighted by Crippen LogP contribution is -2.13. The van der Waals surface area contributed by atoms with Gasteiger partial charge in [-0.05, 0) is 31.1 Å². The lowest BCUT2D eigenvalue weighted by Gasteiger charge is -2.21. The Labute approximate surface area is 103 Å². The Morgan fingerprint density at radius 3 is 2.81 bits per heavy atom. The van der Waals surface area contributed by atoms with E-state index in [1.54, 1.807) is 0 Å². The molecule has 0 atom stereocenters. The predicted molar refractivity (Wildman–Crippen MR) is 70.9 cm³/mol. The molecule has 0 N–H and O–H groups in total. The maximum atomic E-state index is 4.77. The summed E-state index contributed by atoms with van der Waals surface area (Å²) in [6.45, 7) is 4.40. The van der Waals surface area contributed by atoms with E-state index in [2.05, 4.69) is 24.7 Å². The van der Waals surface area contributed by atoms with E-state index in [9.17, 15) is 0 Å². The molecule has 0 amide bonds. The van der Waals surface area contributed by atoms with Crippen LogP contribution in [0.3, 0.4) is 0 Å². The first-order valence-electron chi connectivity index (χ1n) is 6.43. The van der Waals surface area contributed by atoms with Crippen molar-refractivity contribution in [3.63, 3.8) is 0 Å². The number of aromatic nitrogens is 2. The molecule has 0 aliphatic heterocycles. The minimum Gasteiger partial charge on any atom is -0.269 e. The van der Waals surface area contributed by atoms with Gasteiger partial charge < -0.3 is 0 Å². The second kappa shape index (κ2) is 5.76. The van der Waals surface area contributed by atoms with Crippen LogP contribution in [-0.2, 0) is 5.75 Å². The number of nitrogens with zero attached hydrogens (tertiary/aromatic N) is 2. The number of thioether (sulfide) groups is 1. The summed E-state index contributed by atoms with van der Waals surface area (Å²) in [7, 11) is 0. The van der Waals surface area contributed by atoms with E-state index in [1.807, 2.05) is 11.8 Å². The fraction of sp³-hybridized carbons (Fsp3) is 0.769. The maximum Gasteiger partial charge on any atom is 0.0752 e. The second-order valence-corrected chi connectivity index (χ2v) is 5.94. The van der Waals surface area contributed by atoms with Gasteiger partial charge in [-0.15, -0.1) is 0 Å². The van der Waals surface area contributed by atoms with Crippen LogP contribution in [0.25, 0.3) is 0 Å². The van der Waals surface area contributed by atoms with E-state index >= 15 is 0 Å². The van der Waals surface area contributed by atoms with Crippen molar-refractivity contribution in [2.45, 2.75) is 57.7 Å². The van der Waals surface area contributed by atoms with Crippen LogP contribution >= 0.6 is 11.8 Å². The first kappa shape index (κ1) is 12.0. The quantitative estimate of drug-likeness (QED) is 0.790. The molecule has 90 valence electrons. The summed E-state index contributed by atoms with van der Waals surface area (Å²) in [4.78, 5) is 0. The lowest BCUT2D eigenvalue weighted by molar-refractivity contribution is 0.328. The monoisotopic (exact) mass is 238 g/mol. The topological polar surface area (TPSA) is 17.8 Å². The summed E-state index contributed by atoms with van der Waals surface area (Å²) >= 11 is 1.96. The van der Waals surface area contributed by atoms with Crippen molar-refractivity contribution >= 4 is 11.8 Å². The van der Waals surface area contributed by atoms with Gasteiger partial charge in [0.15, 0.2) is 0 Å². The molecule has 1 fully saturated rings. The van der Waals surface area contributed by atoms with Gasteiger partial charge in [-0.25, -0.2) is 0 Å². The summed E-state index contributed by atoms with van der Waals surface area (Å²) in [5.74, 6) is 2.25. The first-order valence-corrected chi connectivity index (χ1v) is 7.59. The Kier molecular flexibility index (Phi) is 4.33. The van der Waals surface area contributed by atoms with Gasteiger partial charge in [0.25, 0.3) is 0 Å². The molecule has 16 heavy (non-hydrogen) atoms. The molecular weight excluding hydrogens is 216 g/mol. The summed E-state index contributed by atoms with van der Waals surface area (Å²) in [5.41, 5.74) is 2.66.